The number of pyridine rings is 1. The van der Waals surface area contributed by atoms with E-state index in [2.05, 4.69) is 10.4 Å². The second-order valence-electron chi connectivity index (χ2n) is 5.27. The maximum atomic E-state index is 12.3. The summed E-state index contributed by atoms with van der Waals surface area (Å²) >= 11 is 0. The molecular formula is C19H19N3O3. The molecule has 0 fully saturated rings. The van der Waals surface area contributed by atoms with Gasteiger partial charge in [-0.2, -0.15) is 0 Å². The van der Waals surface area contributed by atoms with E-state index in [0.29, 0.717) is 12.0 Å². The Morgan fingerprint density at radius 3 is 2.48 bits per heavy atom. The van der Waals surface area contributed by atoms with E-state index in [4.69, 9.17) is 0 Å². The quantitative estimate of drug-likeness (QED) is 0.344. The molecular weight excluding hydrogens is 318 g/mol. The SMILES string of the molecule is CC(=O)N(NCc1ccccn1)C(C=O)C(=O)C=Cc1ccccc1. The number of benzene rings is 1. The van der Waals surface area contributed by atoms with Crippen LogP contribution in [0.1, 0.15) is 18.2 Å². The van der Waals surface area contributed by atoms with Crippen molar-refractivity contribution in [1.82, 2.24) is 15.4 Å². The molecule has 1 unspecified atom stereocenters. The van der Waals surface area contributed by atoms with Crippen molar-refractivity contribution in [2.45, 2.75) is 19.5 Å². The molecule has 1 amide bonds. The van der Waals surface area contributed by atoms with Crippen LogP contribution in [0.15, 0.2) is 60.8 Å². The lowest BCUT2D eigenvalue weighted by Gasteiger charge is -2.25. The van der Waals surface area contributed by atoms with Crippen LogP contribution in [0.3, 0.4) is 0 Å². The van der Waals surface area contributed by atoms with Crippen molar-refractivity contribution in [2.75, 3.05) is 0 Å². The van der Waals surface area contributed by atoms with E-state index in [1.807, 2.05) is 36.4 Å². The summed E-state index contributed by atoms with van der Waals surface area (Å²) in [5.74, 6) is -0.919. The van der Waals surface area contributed by atoms with E-state index in [9.17, 15) is 14.4 Å². The minimum Gasteiger partial charge on any atom is -0.300 e. The van der Waals surface area contributed by atoms with Gasteiger partial charge in [-0.25, -0.2) is 5.43 Å². The van der Waals surface area contributed by atoms with E-state index in [1.165, 1.54) is 13.0 Å². The highest BCUT2D eigenvalue weighted by Gasteiger charge is 2.26. The predicted molar refractivity (Wildman–Crippen MR) is 93.9 cm³/mol. The summed E-state index contributed by atoms with van der Waals surface area (Å²) in [7, 11) is 0. The third-order valence-electron chi connectivity index (χ3n) is 3.43. The Hall–Kier alpha value is -3.12. The fourth-order valence-corrected chi connectivity index (χ4v) is 2.17. The highest BCUT2D eigenvalue weighted by molar-refractivity contribution is 6.08. The van der Waals surface area contributed by atoms with Gasteiger partial charge >= 0.3 is 0 Å². The molecule has 25 heavy (non-hydrogen) atoms. The Kier molecular flexibility index (Phi) is 6.74. The third-order valence-corrected chi connectivity index (χ3v) is 3.43. The van der Waals surface area contributed by atoms with E-state index >= 15 is 0 Å². The minimum atomic E-state index is -1.24. The summed E-state index contributed by atoms with van der Waals surface area (Å²) in [6.07, 6.45) is 4.98. The standard InChI is InChI=1S/C19H19N3O3/c1-15(24)22(21-13-17-9-5-6-12-20-17)18(14-23)19(25)11-10-16-7-3-2-4-8-16/h2-12,14,18,21H,13H2,1H3. The van der Waals surface area contributed by atoms with Crippen molar-refractivity contribution < 1.29 is 14.4 Å². The first-order valence-electron chi connectivity index (χ1n) is 7.77. The maximum absolute atomic E-state index is 12.3. The molecule has 0 saturated carbocycles. The Labute approximate surface area is 146 Å². The lowest BCUT2D eigenvalue weighted by Crippen LogP contribution is -2.52. The van der Waals surface area contributed by atoms with Gasteiger partial charge in [0.1, 0.15) is 0 Å². The van der Waals surface area contributed by atoms with Crippen molar-refractivity contribution in [2.24, 2.45) is 0 Å². The van der Waals surface area contributed by atoms with Crippen LogP contribution in [0.5, 0.6) is 0 Å². The van der Waals surface area contributed by atoms with E-state index in [0.717, 1.165) is 10.6 Å². The number of nitrogens with one attached hydrogen (secondary N) is 1. The predicted octanol–water partition coefficient (Wildman–Crippen LogP) is 1.78. The van der Waals surface area contributed by atoms with Gasteiger partial charge < -0.3 is 4.79 Å². The molecule has 1 N–H and O–H groups in total. The van der Waals surface area contributed by atoms with Crippen LogP contribution in [-0.2, 0) is 20.9 Å². The molecule has 1 aromatic carbocycles. The second-order valence-corrected chi connectivity index (χ2v) is 5.27. The van der Waals surface area contributed by atoms with Crippen LogP contribution in [0.4, 0.5) is 0 Å². The van der Waals surface area contributed by atoms with Gasteiger partial charge in [-0.15, -0.1) is 0 Å². The summed E-state index contributed by atoms with van der Waals surface area (Å²) in [6.45, 7) is 1.51. The fraction of sp³-hybridized carbons (Fsp3) is 0.158. The number of rotatable bonds is 8. The lowest BCUT2D eigenvalue weighted by atomic mass is 10.1. The summed E-state index contributed by atoms with van der Waals surface area (Å²) in [5, 5.41) is 1.03. The maximum Gasteiger partial charge on any atom is 0.234 e. The molecule has 1 heterocycles. The zero-order valence-electron chi connectivity index (χ0n) is 13.8. The number of amides is 1. The monoisotopic (exact) mass is 337 g/mol. The zero-order valence-corrected chi connectivity index (χ0v) is 13.8. The van der Waals surface area contributed by atoms with Crippen molar-refractivity contribution in [1.29, 1.82) is 0 Å². The normalized spacial score (nSPS) is 11.9. The molecule has 2 rings (SSSR count). The molecule has 128 valence electrons. The van der Waals surface area contributed by atoms with Crippen molar-refractivity contribution >= 4 is 24.1 Å². The molecule has 1 aromatic heterocycles. The van der Waals surface area contributed by atoms with Gasteiger partial charge in [0.25, 0.3) is 0 Å². The molecule has 0 saturated heterocycles. The third kappa shape index (κ3) is 5.47. The van der Waals surface area contributed by atoms with Crippen LogP contribution in [0.25, 0.3) is 6.08 Å². The Morgan fingerprint density at radius 2 is 1.88 bits per heavy atom. The molecule has 1 atom stereocenters. The number of hydrogen-bond acceptors (Lipinski definition) is 5. The number of aromatic nitrogens is 1. The Morgan fingerprint density at radius 1 is 1.16 bits per heavy atom. The summed E-state index contributed by atoms with van der Waals surface area (Å²) < 4.78 is 0. The second kappa shape index (κ2) is 9.24. The number of aldehydes is 1. The van der Waals surface area contributed by atoms with Crippen molar-refractivity contribution in [3.05, 3.63) is 72.1 Å². The number of ketones is 1. The van der Waals surface area contributed by atoms with Gasteiger partial charge in [0.05, 0.1) is 12.2 Å². The van der Waals surface area contributed by atoms with Crippen LogP contribution in [0.2, 0.25) is 0 Å². The van der Waals surface area contributed by atoms with E-state index in [1.54, 1.807) is 24.4 Å². The van der Waals surface area contributed by atoms with E-state index < -0.39 is 17.7 Å². The molecule has 6 heteroatoms. The molecule has 0 radical (unpaired) electrons. The first kappa shape index (κ1) is 18.2. The topological polar surface area (TPSA) is 79.4 Å². The molecule has 2 aromatic rings. The first-order valence-corrected chi connectivity index (χ1v) is 7.77. The number of hydrogen-bond donors (Lipinski definition) is 1. The van der Waals surface area contributed by atoms with Gasteiger partial charge in [-0.3, -0.25) is 19.6 Å². The Bertz CT molecular complexity index is 745. The number of nitrogens with zero attached hydrogens (tertiary/aromatic N) is 2. The van der Waals surface area contributed by atoms with E-state index in [-0.39, 0.29) is 6.54 Å². The highest BCUT2D eigenvalue weighted by atomic mass is 16.2. The number of carbonyl (C=O) groups is 3. The van der Waals surface area contributed by atoms with Gasteiger partial charge in [0.2, 0.25) is 5.91 Å². The average Bonchev–Trinajstić information content (AvgIpc) is 2.64. The average molecular weight is 337 g/mol. The van der Waals surface area contributed by atoms with Crippen LogP contribution < -0.4 is 5.43 Å². The molecule has 0 spiro atoms. The molecule has 0 bridgehead atoms. The van der Waals surface area contributed by atoms with Crippen LogP contribution >= 0.6 is 0 Å². The van der Waals surface area contributed by atoms with Gasteiger partial charge in [0, 0.05) is 13.1 Å². The lowest BCUT2D eigenvalue weighted by molar-refractivity contribution is -0.143. The Balaban J connectivity index is 2.08. The van der Waals surface area contributed by atoms with Crippen LogP contribution in [0, 0.1) is 0 Å². The fourth-order valence-electron chi connectivity index (χ4n) is 2.17. The summed E-state index contributed by atoms with van der Waals surface area (Å²) in [6, 6.07) is 13.4. The highest BCUT2D eigenvalue weighted by Crippen LogP contribution is 2.05. The van der Waals surface area contributed by atoms with Gasteiger partial charge in [-0.1, -0.05) is 42.5 Å². The first-order chi connectivity index (χ1) is 12.1. The molecule has 0 aliphatic heterocycles. The van der Waals surface area contributed by atoms with Gasteiger partial charge in [0.15, 0.2) is 18.1 Å². The zero-order chi connectivity index (χ0) is 18.1. The largest absolute Gasteiger partial charge is 0.300 e. The van der Waals surface area contributed by atoms with Crippen molar-refractivity contribution in [3.8, 4) is 0 Å². The van der Waals surface area contributed by atoms with Crippen molar-refractivity contribution in [3.63, 3.8) is 0 Å². The van der Waals surface area contributed by atoms with Crippen LogP contribution in [-0.4, -0.2) is 34.0 Å². The minimum absolute atomic E-state index is 0.223. The smallest absolute Gasteiger partial charge is 0.234 e. The number of carbonyl (C=O) groups excluding carboxylic acids is 3. The summed E-state index contributed by atoms with van der Waals surface area (Å²) in [5.41, 5.74) is 4.32. The number of hydrazine groups is 1. The molecule has 0 aliphatic carbocycles. The summed E-state index contributed by atoms with van der Waals surface area (Å²) in [4.78, 5) is 39.7. The molecule has 6 nitrogen and oxygen atoms in total. The molecule has 0 aliphatic rings. The van der Waals surface area contributed by atoms with Gasteiger partial charge in [-0.05, 0) is 23.8 Å².